The third kappa shape index (κ3) is 3.54. The summed E-state index contributed by atoms with van der Waals surface area (Å²) in [7, 11) is -3.69. The molecule has 0 bridgehead atoms. The van der Waals surface area contributed by atoms with Gasteiger partial charge in [-0.05, 0) is 20.3 Å². The Balaban J connectivity index is 3.14. The molecule has 0 spiro atoms. The maximum absolute atomic E-state index is 12.4. The molecule has 0 amide bonds. The minimum absolute atomic E-state index is 0.0153. The summed E-state index contributed by atoms with van der Waals surface area (Å²) in [4.78, 5) is 4.09. The van der Waals surface area contributed by atoms with Crippen LogP contribution < -0.4 is 5.73 Å². The summed E-state index contributed by atoms with van der Waals surface area (Å²) >= 11 is 0. The van der Waals surface area contributed by atoms with Crippen molar-refractivity contribution in [2.45, 2.75) is 38.8 Å². The molecule has 0 radical (unpaired) electrons. The van der Waals surface area contributed by atoms with Crippen molar-refractivity contribution in [3.8, 4) is 0 Å². The Morgan fingerprint density at radius 3 is 2.58 bits per heavy atom. The summed E-state index contributed by atoms with van der Waals surface area (Å²) in [5.74, 6) is 0.476. The highest BCUT2D eigenvalue weighted by Gasteiger charge is 2.27. The Hall–Kier alpha value is -1.41. The van der Waals surface area contributed by atoms with Crippen molar-refractivity contribution in [1.29, 1.82) is 5.41 Å². The molecule has 0 saturated heterocycles. The zero-order valence-electron chi connectivity index (χ0n) is 11.5. The van der Waals surface area contributed by atoms with Gasteiger partial charge in [0.1, 0.15) is 11.7 Å². The summed E-state index contributed by atoms with van der Waals surface area (Å²) < 4.78 is 27.8. The number of aryl methyl sites for hydroxylation is 2. The zero-order chi connectivity index (χ0) is 14.6. The Morgan fingerprint density at radius 2 is 2.16 bits per heavy atom. The van der Waals surface area contributed by atoms with Crippen molar-refractivity contribution in [3.05, 3.63) is 12.0 Å². The van der Waals surface area contributed by atoms with Crippen molar-refractivity contribution < 1.29 is 8.42 Å². The Labute approximate surface area is 114 Å². The number of imidazole rings is 1. The average Bonchev–Trinajstić information content (AvgIpc) is 2.70. The van der Waals surface area contributed by atoms with E-state index in [0.717, 1.165) is 0 Å². The third-order valence-corrected chi connectivity index (χ3v) is 4.44. The van der Waals surface area contributed by atoms with Crippen LogP contribution in [0.25, 0.3) is 0 Å². The minimum atomic E-state index is -3.69. The molecule has 1 heterocycles. The molecule has 0 aliphatic rings. The number of nitrogens with one attached hydrogen (secondary N) is 1. The highest BCUT2D eigenvalue weighted by Crippen LogP contribution is 2.15. The summed E-state index contributed by atoms with van der Waals surface area (Å²) in [6.07, 6.45) is 2.17. The average molecular weight is 287 g/mol. The quantitative estimate of drug-likeness (QED) is 0.564. The first-order valence-corrected chi connectivity index (χ1v) is 7.63. The fraction of sp³-hybridized carbons (Fsp3) is 0.636. The van der Waals surface area contributed by atoms with E-state index in [1.807, 2.05) is 13.8 Å². The van der Waals surface area contributed by atoms with E-state index in [1.165, 1.54) is 10.5 Å². The van der Waals surface area contributed by atoms with Gasteiger partial charge in [0, 0.05) is 19.3 Å². The molecule has 7 nitrogen and oxygen atoms in total. The molecule has 8 heteroatoms. The van der Waals surface area contributed by atoms with Crippen LogP contribution in [0.2, 0.25) is 0 Å². The highest BCUT2D eigenvalue weighted by molar-refractivity contribution is 7.89. The second-order valence-electron chi connectivity index (χ2n) is 4.28. The predicted octanol–water partition coefficient (Wildman–Crippen LogP) is 0.548. The van der Waals surface area contributed by atoms with Gasteiger partial charge in [-0.3, -0.25) is 5.41 Å². The van der Waals surface area contributed by atoms with Crippen LogP contribution in [0.4, 0.5) is 0 Å². The van der Waals surface area contributed by atoms with E-state index in [0.29, 0.717) is 25.3 Å². The lowest BCUT2D eigenvalue weighted by Crippen LogP contribution is -2.38. The fourth-order valence-electron chi connectivity index (χ4n) is 1.78. The van der Waals surface area contributed by atoms with Crippen LogP contribution in [0, 0.1) is 12.3 Å². The van der Waals surface area contributed by atoms with Crippen LogP contribution in [0.1, 0.15) is 26.1 Å². The number of rotatable bonds is 7. The van der Waals surface area contributed by atoms with Crippen molar-refractivity contribution in [1.82, 2.24) is 13.9 Å². The van der Waals surface area contributed by atoms with Gasteiger partial charge in [0.05, 0.1) is 6.54 Å². The molecule has 19 heavy (non-hydrogen) atoms. The van der Waals surface area contributed by atoms with Gasteiger partial charge in [-0.2, -0.15) is 4.31 Å². The molecule has 1 aromatic rings. The molecule has 0 aliphatic heterocycles. The van der Waals surface area contributed by atoms with Gasteiger partial charge in [0.15, 0.2) is 5.03 Å². The van der Waals surface area contributed by atoms with Gasteiger partial charge < -0.3 is 10.3 Å². The Morgan fingerprint density at radius 1 is 1.53 bits per heavy atom. The molecule has 1 rings (SSSR count). The minimum Gasteiger partial charge on any atom is -0.387 e. The van der Waals surface area contributed by atoms with Gasteiger partial charge >= 0.3 is 0 Å². The Kier molecular flexibility index (Phi) is 5.07. The van der Waals surface area contributed by atoms with Crippen LogP contribution in [0.3, 0.4) is 0 Å². The molecule has 0 saturated carbocycles. The van der Waals surface area contributed by atoms with E-state index in [1.54, 1.807) is 11.5 Å². The number of hydrogen-bond donors (Lipinski definition) is 2. The predicted molar refractivity (Wildman–Crippen MR) is 73.6 cm³/mol. The second kappa shape index (κ2) is 6.16. The number of aromatic nitrogens is 2. The van der Waals surface area contributed by atoms with Crippen molar-refractivity contribution in [3.63, 3.8) is 0 Å². The lowest BCUT2D eigenvalue weighted by atomic mass is 10.4. The topological polar surface area (TPSA) is 105 Å². The molecular formula is C11H21N5O2S. The molecule has 1 aromatic heterocycles. The lowest BCUT2D eigenvalue weighted by Gasteiger charge is -2.19. The number of hydrogen-bond acceptors (Lipinski definition) is 4. The molecule has 108 valence electrons. The maximum atomic E-state index is 12.4. The maximum Gasteiger partial charge on any atom is 0.262 e. The van der Waals surface area contributed by atoms with E-state index < -0.39 is 10.0 Å². The van der Waals surface area contributed by atoms with Crippen LogP contribution in [0.15, 0.2) is 11.2 Å². The lowest BCUT2D eigenvalue weighted by molar-refractivity contribution is 0.445. The molecule has 0 atom stereocenters. The normalized spacial score (nSPS) is 12.0. The first-order valence-electron chi connectivity index (χ1n) is 6.19. The van der Waals surface area contributed by atoms with Crippen LogP contribution in [-0.4, -0.2) is 41.2 Å². The third-order valence-electron chi connectivity index (χ3n) is 2.72. The first kappa shape index (κ1) is 15.6. The van der Waals surface area contributed by atoms with E-state index in [9.17, 15) is 8.42 Å². The van der Waals surface area contributed by atoms with E-state index in [4.69, 9.17) is 11.1 Å². The van der Waals surface area contributed by atoms with E-state index in [-0.39, 0.29) is 17.4 Å². The summed E-state index contributed by atoms with van der Waals surface area (Å²) in [5.41, 5.74) is 5.31. The molecule has 0 unspecified atom stereocenters. The largest absolute Gasteiger partial charge is 0.387 e. The molecule has 0 aromatic carbocycles. The summed E-state index contributed by atoms with van der Waals surface area (Å²) in [6, 6.07) is 0. The van der Waals surface area contributed by atoms with Crippen molar-refractivity contribution in [2.75, 3.05) is 13.1 Å². The zero-order valence-corrected chi connectivity index (χ0v) is 12.4. The molecule has 0 aliphatic carbocycles. The standard InChI is InChI=1S/C11H21N5O2S/c1-4-6-16(7-10(12)13)19(17,18)11-8-15(5-2)9(3)14-11/h8H,4-7H2,1-3H3,(H3,12,13). The highest BCUT2D eigenvalue weighted by atomic mass is 32.2. The van der Waals surface area contributed by atoms with Crippen molar-refractivity contribution in [2.24, 2.45) is 5.73 Å². The number of sulfonamides is 1. The van der Waals surface area contributed by atoms with E-state index >= 15 is 0 Å². The summed E-state index contributed by atoms with van der Waals surface area (Å²) in [6.45, 7) is 6.43. The smallest absolute Gasteiger partial charge is 0.262 e. The number of nitrogens with zero attached hydrogens (tertiary/aromatic N) is 3. The van der Waals surface area contributed by atoms with Gasteiger partial charge in [0.2, 0.25) is 0 Å². The second-order valence-corrected chi connectivity index (χ2v) is 6.16. The fourth-order valence-corrected chi connectivity index (χ4v) is 3.28. The van der Waals surface area contributed by atoms with Gasteiger partial charge in [0.25, 0.3) is 10.0 Å². The van der Waals surface area contributed by atoms with E-state index in [2.05, 4.69) is 4.98 Å². The van der Waals surface area contributed by atoms with Crippen LogP contribution in [-0.2, 0) is 16.6 Å². The van der Waals surface area contributed by atoms with Gasteiger partial charge in [-0.15, -0.1) is 0 Å². The van der Waals surface area contributed by atoms with Gasteiger partial charge in [-0.25, -0.2) is 13.4 Å². The van der Waals surface area contributed by atoms with Crippen molar-refractivity contribution >= 4 is 15.9 Å². The number of nitrogens with two attached hydrogens (primary N) is 1. The summed E-state index contributed by atoms with van der Waals surface area (Å²) in [5, 5.41) is 7.29. The SMILES string of the molecule is CCCN(CC(=N)N)S(=O)(=O)c1cn(CC)c(C)n1. The molecule has 0 fully saturated rings. The Bertz CT molecular complexity index is 549. The van der Waals surface area contributed by atoms with Gasteiger partial charge in [-0.1, -0.05) is 6.92 Å². The molecular weight excluding hydrogens is 266 g/mol. The van der Waals surface area contributed by atoms with Crippen LogP contribution in [0.5, 0.6) is 0 Å². The number of amidine groups is 1. The first-order chi connectivity index (χ1) is 8.82. The van der Waals surface area contributed by atoms with Crippen LogP contribution >= 0.6 is 0 Å². The monoisotopic (exact) mass is 287 g/mol. The molecule has 3 N–H and O–H groups in total.